The number of hydrogen-bond acceptors (Lipinski definition) is 4. The zero-order valence-electron chi connectivity index (χ0n) is 9.53. The number of thioether (sulfide) groups is 1. The molecule has 2 aliphatic heterocycles. The van der Waals surface area contributed by atoms with Gasteiger partial charge in [-0.15, -0.1) is 11.8 Å². The molecule has 5 heteroatoms. The molecule has 0 saturated carbocycles. The van der Waals surface area contributed by atoms with E-state index in [0.29, 0.717) is 34.6 Å². The van der Waals surface area contributed by atoms with Crippen LogP contribution in [0.2, 0.25) is 5.02 Å². The maximum absolute atomic E-state index is 6.22. The molecule has 1 aromatic rings. The molecule has 0 amide bonds. The summed E-state index contributed by atoms with van der Waals surface area (Å²) in [5.41, 5.74) is 1.16. The molecule has 1 saturated heterocycles. The van der Waals surface area contributed by atoms with Gasteiger partial charge in [-0.05, 0) is 17.7 Å². The summed E-state index contributed by atoms with van der Waals surface area (Å²) in [5.74, 6) is 1.44. The highest BCUT2D eigenvalue weighted by molar-refractivity contribution is 8.00. The van der Waals surface area contributed by atoms with E-state index in [2.05, 4.69) is 12.2 Å². The summed E-state index contributed by atoms with van der Waals surface area (Å²) in [6.45, 7) is 4.41. The van der Waals surface area contributed by atoms with Gasteiger partial charge < -0.3 is 14.8 Å². The number of nitrogens with one attached hydrogen (secondary N) is 1. The zero-order chi connectivity index (χ0) is 11.8. The minimum Gasteiger partial charge on any atom is -0.486 e. The van der Waals surface area contributed by atoms with Crippen LogP contribution in [0.25, 0.3) is 0 Å². The monoisotopic (exact) mass is 271 g/mol. The Morgan fingerprint density at radius 1 is 1.35 bits per heavy atom. The second kappa shape index (κ2) is 4.59. The maximum Gasteiger partial charge on any atom is 0.179 e. The number of ether oxygens (including phenoxy) is 2. The van der Waals surface area contributed by atoms with Crippen molar-refractivity contribution in [1.82, 2.24) is 5.32 Å². The van der Waals surface area contributed by atoms with Crippen molar-refractivity contribution in [2.45, 2.75) is 17.5 Å². The van der Waals surface area contributed by atoms with Crippen molar-refractivity contribution in [3.05, 3.63) is 22.7 Å². The van der Waals surface area contributed by atoms with Gasteiger partial charge in [0.05, 0.1) is 10.4 Å². The third-order valence-corrected chi connectivity index (χ3v) is 4.50. The molecule has 2 atom stereocenters. The topological polar surface area (TPSA) is 30.5 Å². The first kappa shape index (κ1) is 11.5. The van der Waals surface area contributed by atoms with E-state index in [1.807, 2.05) is 23.9 Å². The van der Waals surface area contributed by atoms with Crippen molar-refractivity contribution >= 4 is 23.4 Å². The van der Waals surface area contributed by atoms with Crippen molar-refractivity contribution in [1.29, 1.82) is 0 Å². The lowest BCUT2D eigenvalue weighted by molar-refractivity contribution is 0.171. The summed E-state index contributed by atoms with van der Waals surface area (Å²) < 4.78 is 11.1. The van der Waals surface area contributed by atoms with Crippen LogP contribution in [0.1, 0.15) is 17.9 Å². The van der Waals surface area contributed by atoms with Crippen LogP contribution < -0.4 is 14.8 Å². The third-order valence-electron chi connectivity index (χ3n) is 2.88. The van der Waals surface area contributed by atoms with Crippen LogP contribution in [0.5, 0.6) is 11.5 Å². The third kappa shape index (κ3) is 2.21. The Kier molecular flexibility index (Phi) is 3.11. The fourth-order valence-corrected chi connectivity index (χ4v) is 3.50. The summed E-state index contributed by atoms with van der Waals surface area (Å²) in [7, 11) is 0. The summed E-state index contributed by atoms with van der Waals surface area (Å²) in [4.78, 5) is 0. The number of halogens is 1. The minimum absolute atomic E-state index is 0.304. The van der Waals surface area contributed by atoms with Crippen molar-refractivity contribution in [3.8, 4) is 11.5 Å². The molecule has 3 nitrogen and oxygen atoms in total. The van der Waals surface area contributed by atoms with E-state index in [4.69, 9.17) is 21.1 Å². The average Bonchev–Trinajstić information content (AvgIpc) is 2.76. The van der Waals surface area contributed by atoms with Gasteiger partial charge in [-0.3, -0.25) is 0 Å². The van der Waals surface area contributed by atoms with Gasteiger partial charge >= 0.3 is 0 Å². The molecule has 92 valence electrons. The molecule has 1 aromatic carbocycles. The van der Waals surface area contributed by atoms with Crippen molar-refractivity contribution in [2.24, 2.45) is 0 Å². The van der Waals surface area contributed by atoms with Gasteiger partial charge in [0.1, 0.15) is 13.2 Å². The number of fused-ring (bicyclic) bond motifs is 1. The number of hydrogen-bond donors (Lipinski definition) is 1. The van der Waals surface area contributed by atoms with E-state index in [0.717, 1.165) is 17.9 Å². The van der Waals surface area contributed by atoms with Crippen LogP contribution in [0.3, 0.4) is 0 Å². The standard InChI is InChI=1S/C12H14ClNO2S/c1-7-6-14-12(17-7)8-4-9(13)11-10(5-8)15-2-3-16-11/h4-5,7,12,14H,2-3,6H2,1H3. The van der Waals surface area contributed by atoms with E-state index >= 15 is 0 Å². The first-order valence-corrected chi connectivity index (χ1v) is 7.04. The summed E-state index contributed by atoms with van der Waals surface area (Å²) in [6, 6.07) is 4.00. The largest absolute Gasteiger partial charge is 0.486 e. The molecule has 2 heterocycles. The fourth-order valence-electron chi connectivity index (χ4n) is 2.08. The van der Waals surface area contributed by atoms with Crippen LogP contribution >= 0.6 is 23.4 Å². The second-order valence-electron chi connectivity index (χ2n) is 4.26. The predicted octanol–water partition coefficient (Wildman–Crippen LogP) is 2.83. The smallest absolute Gasteiger partial charge is 0.179 e. The van der Waals surface area contributed by atoms with E-state index in [1.165, 1.54) is 0 Å². The molecule has 0 bridgehead atoms. The lowest BCUT2D eigenvalue weighted by Gasteiger charge is -2.21. The van der Waals surface area contributed by atoms with Gasteiger partial charge in [-0.25, -0.2) is 0 Å². The average molecular weight is 272 g/mol. The van der Waals surface area contributed by atoms with Gasteiger partial charge in [0, 0.05) is 11.8 Å². The Balaban J connectivity index is 1.93. The highest BCUT2D eigenvalue weighted by atomic mass is 35.5. The van der Waals surface area contributed by atoms with Crippen molar-refractivity contribution < 1.29 is 9.47 Å². The molecule has 0 spiro atoms. The molecule has 0 aliphatic carbocycles. The molecular formula is C12H14ClNO2S. The van der Waals surface area contributed by atoms with E-state index in [1.54, 1.807) is 0 Å². The Bertz CT molecular complexity index is 441. The van der Waals surface area contributed by atoms with Gasteiger partial charge in [-0.1, -0.05) is 18.5 Å². The molecule has 1 N–H and O–H groups in total. The first-order chi connectivity index (χ1) is 8.24. The Labute approximate surface area is 110 Å². The quantitative estimate of drug-likeness (QED) is 0.851. The normalized spacial score (nSPS) is 27.2. The lowest BCUT2D eigenvalue weighted by atomic mass is 10.2. The van der Waals surface area contributed by atoms with Crippen LogP contribution in [0.4, 0.5) is 0 Å². The van der Waals surface area contributed by atoms with Crippen molar-refractivity contribution in [2.75, 3.05) is 19.8 Å². The zero-order valence-corrected chi connectivity index (χ0v) is 11.1. The number of rotatable bonds is 1. The van der Waals surface area contributed by atoms with E-state index < -0.39 is 0 Å². The molecular weight excluding hydrogens is 258 g/mol. The molecule has 2 unspecified atom stereocenters. The Morgan fingerprint density at radius 2 is 2.18 bits per heavy atom. The minimum atomic E-state index is 0.304. The summed E-state index contributed by atoms with van der Waals surface area (Å²) >= 11 is 8.13. The predicted molar refractivity (Wildman–Crippen MR) is 70.2 cm³/mol. The highest BCUT2D eigenvalue weighted by Gasteiger charge is 2.25. The Hall–Kier alpha value is -0.580. The molecule has 17 heavy (non-hydrogen) atoms. The summed E-state index contributed by atoms with van der Waals surface area (Å²) in [5, 5.41) is 5.04. The second-order valence-corrected chi connectivity index (χ2v) is 6.22. The molecule has 0 radical (unpaired) electrons. The maximum atomic E-state index is 6.22. The summed E-state index contributed by atoms with van der Waals surface area (Å²) in [6.07, 6.45) is 0. The van der Waals surface area contributed by atoms with Crippen molar-refractivity contribution in [3.63, 3.8) is 0 Å². The lowest BCUT2D eigenvalue weighted by Crippen LogP contribution is -2.17. The highest BCUT2D eigenvalue weighted by Crippen LogP contribution is 2.43. The molecule has 1 fully saturated rings. The number of benzene rings is 1. The van der Waals surface area contributed by atoms with Crippen LogP contribution in [-0.2, 0) is 0 Å². The van der Waals surface area contributed by atoms with Crippen LogP contribution in [0, 0.1) is 0 Å². The van der Waals surface area contributed by atoms with Gasteiger partial charge in [0.15, 0.2) is 11.5 Å². The van der Waals surface area contributed by atoms with E-state index in [-0.39, 0.29) is 0 Å². The molecule has 2 aliphatic rings. The SMILES string of the molecule is CC1CNC(c2cc(Cl)c3c(c2)OCCO3)S1. The first-order valence-electron chi connectivity index (χ1n) is 5.72. The fraction of sp³-hybridized carbons (Fsp3) is 0.500. The van der Waals surface area contributed by atoms with Gasteiger partial charge in [0.25, 0.3) is 0 Å². The van der Waals surface area contributed by atoms with Gasteiger partial charge in [0.2, 0.25) is 0 Å². The van der Waals surface area contributed by atoms with E-state index in [9.17, 15) is 0 Å². The van der Waals surface area contributed by atoms with Crippen LogP contribution in [0.15, 0.2) is 12.1 Å². The van der Waals surface area contributed by atoms with Crippen LogP contribution in [-0.4, -0.2) is 25.0 Å². The van der Waals surface area contributed by atoms with Gasteiger partial charge in [-0.2, -0.15) is 0 Å². The Morgan fingerprint density at radius 3 is 2.94 bits per heavy atom. The molecule has 3 rings (SSSR count). The molecule has 0 aromatic heterocycles.